The number of benzene rings is 4. The summed E-state index contributed by atoms with van der Waals surface area (Å²) in [5.41, 5.74) is 3.88. The molecule has 0 amide bonds. The van der Waals surface area contributed by atoms with Crippen LogP contribution in [0, 0.1) is 6.66 Å². The van der Waals surface area contributed by atoms with Gasteiger partial charge in [-0.05, 0) is 48.9 Å². The third-order valence-corrected chi connectivity index (χ3v) is 15.4. The summed E-state index contributed by atoms with van der Waals surface area (Å²) in [6, 6.07) is 44.7. The Labute approximate surface area is 207 Å². The molecule has 5 rings (SSSR count). The van der Waals surface area contributed by atoms with Crippen LogP contribution < -0.4 is 10.6 Å². The van der Waals surface area contributed by atoms with Gasteiger partial charge in [0.05, 0.1) is 19.4 Å². The number of hydrogen-bond donors (Lipinski definition) is 0. The first-order valence-corrected chi connectivity index (χ1v) is 15.6. The van der Waals surface area contributed by atoms with Crippen LogP contribution in [-0.4, -0.2) is 11.0 Å². The number of nitrogens with zero attached hydrogens (tertiary/aromatic N) is 1. The lowest BCUT2D eigenvalue weighted by Crippen LogP contribution is -2.30. The van der Waals surface area contributed by atoms with Crippen molar-refractivity contribution in [2.45, 2.75) is 31.1 Å². The maximum atomic E-state index is 5.28. The van der Waals surface area contributed by atoms with Crippen LogP contribution in [0.3, 0.4) is 0 Å². The molecule has 0 unspecified atom stereocenters. The molecule has 1 aliphatic rings. The van der Waals surface area contributed by atoms with Gasteiger partial charge in [0.15, 0.2) is 0 Å². The zero-order chi connectivity index (χ0) is 23.4. The molecular weight excluding hydrogens is 448 g/mol. The van der Waals surface area contributed by atoms with Crippen LogP contribution in [0.1, 0.15) is 42.2 Å². The van der Waals surface area contributed by atoms with Gasteiger partial charge >= 0.3 is 0 Å². The minimum absolute atomic E-state index is 0.483. The van der Waals surface area contributed by atoms with Gasteiger partial charge in [0, 0.05) is 6.54 Å². The van der Waals surface area contributed by atoms with Crippen molar-refractivity contribution in [2.24, 2.45) is 0 Å². The lowest BCUT2D eigenvalue weighted by molar-refractivity contribution is 0.721. The third kappa shape index (κ3) is 4.38. The van der Waals surface area contributed by atoms with Crippen molar-refractivity contribution in [3.05, 3.63) is 139 Å². The molecule has 0 spiro atoms. The lowest BCUT2D eigenvalue weighted by atomic mass is 10.0. The molecule has 34 heavy (non-hydrogen) atoms. The highest BCUT2D eigenvalue weighted by Crippen LogP contribution is 2.88. The minimum Gasteiger partial charge on any atom is -0.180 e. The molecule has 4 aromatic rings. The van der Waals surface area contributed by atoms with Crippen LogP contribution >= 0.6 is 15.5 Å². The average molecular weight is 482 g/mol. The second kappa shape index (κ2) is 10.5. The van der Waals surface area contributed by atoms with E-state index >= 15 is 0 Å². The summed E-state index contributed by atoms with van der Waals surface area (Å²) in [6.07, 6.45) is 2.40. The SMILES string of the molecule is [CH2-][P+]1(N(CC)P(c2ccccc2)c2ccccc2)[C@@H](c2ccccc2)CC[C@@H]1c1ccccc1. The molecule has 0 radical (unpaired) electrons. The Balaban J connectivity index is 1.69. The van der Waals surface area contributed by atoms with Crippen LogP contribution in [0.4, 0.5) is 0 Å². The Kier molecular flexibility index (Phi) is 7.26. The highest BCUT2D eigenvalue weighted by molar-refractivity contribution is 7.87. The van der Waals surface area contributed by atoms with E-state index in [0.29, 0.717) is 11.3 Å². The van der Waals surface area contributed by atoms with Gasteiger partial charge in [-0.2, -0.15) is 11.1 Å². The summed E-state index contributed by atoms with van der Waals surface area (Å²) in [4.78, 5) is 0. The van der Waals surface area contributed by atoms with Gasteiger partial charge in [-0.3, -0.25) is 0 Å². The lowest BCUT2D eigenvalue weighted by Gasteiger charge is -2.48. The molecule has 3 heteroatoms. The smallest absolute Gasteiger partial charge is 0.0845 e. The summed E-state index contributed by atoms with van der Waals surface area (Å²) in [6.45, 7) is 8.62. The van der Waals surface area contributed by atoms with E-state index < -0.39 is 15.5 Å². The summed E-state index contributed by atoms with van der Waals surface area (Å²) in [7, 11) is -2.56. The first kappa shape index (κ1) is 23.4. The standard InChI is InChI=1S/C31H33NP2/c1-3-32(33(28-20-12-6-13-21-28)29-22-14-7-15-23-29)34(2)30(26-16-8-4-9-17-26)24-25-31(34)27-18-10-5-11-19-27/h4-23,30-31H,2-3,24-25H2,1H3/t30-,31-/m1/s1. The van der Waals surface area contributed by atoms with E-state index in [1.807, 2.05) is 0 Å². The highest BCUT2D eigenvalue weighted by atomic mass is 31.2. The maximum Gasteiger partial charge on any atom is 0.0845 e. The van der Waals surface area contributed by atoms with Crippen LogP contribution in [-0.2, 0) is 0 Å². The Hall–Kier alpha value is -2.30. The van der Waals surface area contributed by atoms with E-state index in [-0.39, 0.29) is 0 Å². The fourth-order valence-electron chi connectivity index (χ4n) is 5.63. The van der Waals surface area contributed by atoms with Crippen molar-refractivity contribution in [3.8, 4) is 0 Å². The zero-order valence-corrected chi connectivity index (χ0v) is 21.7. The molecule has 1 saturated heterocycles. The summed E-state index contributed by atoms with van der Waals surface area (Å²) < 4.78 is 2.87. The summed E-state index contributed by atoms with van der Waals surface area (Å²) in [5, 5.41) is 2.83. The average Bonchev–Trinajstić information content (AvgIpc) is 3.26. The molecule has 2 atom stereocenters. The van der Waals surface area contributed by atoms with Gasteiger partial charge in [0.1, 0.15) is 0 Å². The Morgan fingerprint density at radius 1 is 0.647 bits per heavy atom. The van der Waals surface area contributed by atoms with Crippen molar-refractivity contribution >= 4 is 26.1 Å². The zero-order valence-electron chi connectivity index (χ0n) is 19.9. The predicted octanol–water partition coefficient (Wildman–Crippen LogP) is 8.36. The molecule has 0 bridgehead atoms. The van der Waals surface area contributed by atoms with Crippen molar-refractivity contribution < 1.29 is 0 Å². The number of hydrogen-bond acceptors (Lipinski definition) is 1. The quantitative estimate of drug-likeness (QED) is 0.189. The van der Waals surface area contributed by atoms with Crippen molar-refractivity contribution in [2.75, 3.05) is 6.54 Å². The molecule has 0 aromatic heterocycles. The largest absolute Gasteiger partial charge is 0.180 e. The second-order valence-corrected chi connectivity index (χ2v) is 14.9. The fourth-order valence-corrected chi connectivity index (χ4v) is 14.5. The summed E-state index contributed by atoms with van der Waals surface area (Å²) >= 11 is 0. The normalized spacial score (nSPS) is 19.5. The van der Waals surface area contributed by atoms with E-state index in [4.69, 9.17) is 6.66 Å². The van der Waals surface area contributed by atoms with Crippen LogP contribution in [0.5, 0.6) is 0 Å². The first-order valence-electron chi connectivity index (χ1n) is 12.2. The number of rotatable bonds is 7. The minimum atomic E-state index is -1.87. The van der Waals surface area contributed by atoms with Crippen molar-refractivity contribution in [1.29, 1.82) is 0 Å². The molecule has 1 nitrogen and oxygen atoms in total. The molecular formula is C31H33NP2. The molecule has 172 valence electrons. The van der Waals surface area contributed by atoms with E-state index in [9.17, 15) is 0 Å². The molecule has 1 aliphatic heterocycles. The van der Waals surface area contributed by atoms with E-state index in [0.717, 1.165) is 6.54 Å². The second-order valence-electron chi connectivity index (χ2n) is 8.99. The van der Waals surface area contributed by atoms with Gasteiger partial charge in [0.25, 0.3) is 0 Å². The molecule has 4 aromatic carbocycles. The topological polar surface area (TPSA) is 3.24 Å². The van der Waals surface area contributed by atoms with Crippen molar-refractivity contribution in [1.82, 2.24) is 4.44 Å². The Bertz CT molecular complexity index is 1080. The van der Waals surface area contributed by atoms with Crippen LogP contribution in [0.15, 0.2) is 121 Å². The van der Waals surface area contributed by atoms with Crippen LogP contribution in [0.2, 0.25) is 0 Å². The maximum absolute atomic E-state index is 5.28. The molecule has 0 saturated carbocycles. The fraction of sp³-hybridized carbons (Fsp3) is 0.194. The Morgan fingerprint density at radius 3 is 1.35 bits per heavy atom. The predicted molar refractivity (Wildman–Crippen MR) is 151 cm³/mol. The molecule has 1 fully saturated rings. The van der Waals surface area contributed by atoms with E-state index in [1.54, 1.807) is 0 Å². The van der Waals surface area contributed by atoms with Crippen LogP contribution in [0.25, 0.3) is 0 Å². The van der Waals surface area contributed by atoms with Gasteiger partial charge < -0.3 is 0 Å². The molecule has 0 N–H and O–H groups in total. The monoisotopic (exact) mass is 481 g/mol. The molecule has 1 heterocycles. The highest BCUT2D eigenvalue weighted by Gasteiger charge is 2.55. The summed E-state index contributed by atoms with van der Waals surface area (Å²) in [5.74, 6) is 0. The van der Waals surface area contributed by atoms with Gasteiger partial charge in [0.2, 0.25) is 0 Å². The Morgan fingerprint density at radius 2 is 1.00 bits per heavy atom. The first-order chi connectivity index (χ1) is 16.7. The third-order valence-electron chi connectivity index (χ3n) is 7.11. The van der Waals surface area contributed by atoms with Gasteiger partial charge in [-0.15, -0.1) is 0 Å². The van der Waals surface area contributed by atoms with E-state index in [1.165, 1.54) is 34.6 Å². The van der Waals surface area contributed by atoms with Gasteiger partial charge in [-0.1, -0.05) is 121 Å². The van der Waals surface area contributed by atoms with Crippen molar-refractivity contribution in [3.63, 3.8) is 0 Å². The molecule has 0 aliphatic carbocycles. The van der Waals surface area contributed by atoms with E-state index in [2.05, 4.69) is 133 Å². The van der Waals surface area contributed by atoms with Gasteiger partial charge in [-0.25, -0.2) is 0 Å².